The fraction of sp³-hybridized carbons (Fsp3) is 0.636. The summed E-state index contributed by atoms with van der Waals surface area (Å²) in [4.78, 5) is 15.7. The molecule has 4 nitrogen and oxygen atoms in total. The van der Waals surface area contributed by atoms with E-state index in [1.165, 1.54) is 7.11 Å². The monoisotopic (exact) mass is 318 g/mol. The Morgan fingerprint density at radius 2 is 2.24 bits per heavy atom. The number of aromatic nitrogens is 1. The van der Waals surface area contributed by atoms with Crippen LogP contribution in [0.2, 0.25) is 0 Å². The Balaban J connectivity index is 1.81. The third-order valence-electron chi connectivity index (χ3n) is 3.07. The molecule has 0 amide bonds. The molecule has 1 saturated carbocycles. The van der Waals surface area contributed by atoms with Crippen LogP contribution in [0.5, 0.6) is 0 Å². The summed E-state index contributed by atoms with van der Waals surface area (Å²) in [6, 6.07) is 0.425. The summed E-state index contributed by atoms with van der Waals surface area (Å²) in [6.07, 6.45) is 3.79. The zero-order valence-corrected chi connectivity index (χ0v) is 12.0. The van der Waals surface area contributed by atoms with Crippen LogP contribution in [0.4, 0.5) is 5.13 Å². The van der Waals surface area contributed by atoms with Crippen molar-refractivity contribution in [2.45, 2.75) is 31.7 Å². The van der Waals surface area contributed by atoms with Crippen LogP contribution in [0.25, 0.3) is 0 Å². The number of methoxy groups -OCH3 is 1. The maximum absolute atomic E-state index is 11.4. The van der Waals surface area contributed by atoms with Gasteiger partial charge in [0.2, 0.25) is 0 Å². The van der Waals surface area contributed by atoms with Gasteiger partial charge in [0.25, 0.3) is 0 Å². The standard InChI is InChI=1S/C11H15BrN2O2S/c1-16-10(15)7-2-4-8(5-3-7)13-11-14-9(12)6-17-11/h6-8H,2-5H2,1H3,(H,13,14). The maximum atomic E-state index is 11.4. The Morgan fingerprint density at radius 3 is 2.76 bits per heavy atom. The van der Waals surface area contributed by atoms with Gasteiger partial charge in [0.15, 0.2) is 5.13 Å². The van der Waals surface area contributed by atoms with Gasteiger partial charge in [-0.2, -0.15) is 0 Å². The molecule has 0 spiro atoms. The molecule has 1 aliphatic rings. The first kappa shape index (κ1) is 12.8. The molecule has 0 saturated heterocycles. The number of hydrogen-bond donors (Lipinski definition) is 1. The molecular formula is C11H15BrN2O2S. The molecule has 94 valence electrons. The summed E-state index contributed by atoms with van der Waals surface area (Å²) in [7, 11) is 1.46. The van der Waals surface area contributed by atoms with Gasteiger partial charge in [-0.25, -0.2) is 4.98 Å². The second-order valence-electron chi connectivity index (χ2n) is 4.19. The number of carbonyl (C=O) groups is 1. The number of thiazole rings is 1. The lowest BCUT2D eigenvalue weighted by Gasteiger charge is -2.27. The SMILES string of the molecule is COC(=O)C1CCC(Nc2nc(Br)cs2)CC1. The van der Waals surface area contributed by atoms with Gasteiger partial charge in [-0.15, -0.1) is 11.3 Å². The number of halogens is 1. The lowest BCUT2D eigenvalue weighted by Crippen LogP contribution is -2.29. The molecule has 1 N–H and O–H groups in total. The topological polar surface area (TPSA) is 51.2 Å². The summed E-state index contributed by atoms with van der Waals surface area (Å²) in [5.74, 6) is 0.0153. The molecule has 2 rings (SSSR count). The van der Waals surface area contributed by atoms with E-state index in [9.17, 15) is 4.79 Å². The molecule has 0 unspecified atom stereocenters. The first-order valence-electron chi connectivity index (χ1n) is 5.64. The molecule has 1 aliphatic carbocycles. The van der Waals surface area contributed by atoms with Crippen molar-refractivity contribution in [1.82, 2.24) is 4.98 Å². The summed E-state index contributed by atoms with van der Waals surface area (Å²) in [5, 5.41) is 6.31. The molecule has 6 heteroatoms. The quantitative estimate of drug-likeness (QED) is 0.870. The Kier molecular flexibility index (Phi) is 4.39. The van der Waals surface area contributed by atoms with Crippen molar-refractivity contribution in [1.29, 1.82) is 0 Å². The van der Waals surface area contributed by atoms with Crippen LogP contribution in [0, 0.1) is 5.92 Å². The molecule has 0 atom stereocenters. The van der Waals surface area contributed by atoms with Crippen LogP contribution < -0.4 is 5.32 Å². The lowest BCUT2D eigenvalue weighted by molar-refractivity contribution is -0.146. The van der Waals surface area contributed by atoms with Crippen molar-refractivity contribution >= 4 is 38.4 Å². The highest BCUT2D eigenvalue weighted by Crippen LogP contribution is 2.28. The molecule has 1 heterocycles. The number of ether oxygens (including phenoxy) is 1. The van der Waals surface area contributed by atoms with Crippen molar-refractivity contribution in [3.05, 3.63) is 9.98 Å². The van der Waals surface area contributed by atoms with Gasteiger partial charge in [0, 0.05) is 11.4 Å². The number of hydrogen-bond acceptors (Lipinski definition) is 5. The van der Waals surface area contributed by atoms with Crippen LogP contribution in [-0.2, 0) is 9.53 Å². The molecule has 1 aromatic heterocycles. The van der Waals surface area contributed by atoms with Crippen molar-refractivity contribution in [3.63, 3.8) is 0 Å². The number of nitrogens with zero attached hydrogens (tertiary/aromatic N) is 1. The molecule has 0 radical (unpaired) electrons. The summed E-state index contributed by atoms with van der Waals surface area (Å²) in [5.41, 5.74) is 0. The molecule has 0 aliphatic heterocycles. The van der Waals surface area contributed by atoms with Gasteiger partial charge in [0.1, 0.15) is 4.60 Å². The van der Waals surface area contributed by atoms with Crippen LogP contribution in [0.1, 0.15) is 25.7 Å². The van der Waals surface area contributed by atoms with E-state index in [-0.39, 0.29) is 11.9 Å². The van der Waals surface area contributed by atoms with Crippen molar-refractivity contribution in [3.8, 4) is 0 Å². The van der Waals surface area contributed by atoms with E-state index in [0.717, 1.165) is 35.4 Å². The molecule has 1 fully saturated rings. The van der Waals surface area contributed by atoms with E-state index in [0.29, 0.717) is 6.04 Å². The smallest absolute Gasteiger partial charge is 0.308 e. The molecule has 0 aromatic carbocycles. The molecule has 17 heavy (non-hydrogen) atoms. The largest absolute Gasteiger partial charge is 0.469 e. The van der Waals surface area contributed by atoms with Gasteiger partial charge < -0.3 is 10.1 Å². The second-order valence-corrected chi connectivity index (χ2v) is 5.86. The third kappa shape index (κ3) is 3.42. The number of rotatable bonds is 3. The average Bonchev–Trinajstić information content (AvgIpc) is 2.75. The first-order chi connectivity index (χ1) is 8.19. The number of carbonyl (C=O) groups excluding carboxylic acids is 1. The molecule has 1 aromatic rings. The summed E-state index contributed by atoms with van der Waals surface area (Å²) < 4.78 is 5.64. The van der Waals surface area contributed by atoms with Gasteiger partial charge >= 0.3 is 5.97 Å². The van der Waals surface area contributed by atoms with Gasteiger partial charge in [-0.05, 0) is 41.6 Å². The van der Waals surface area contributed by atoms with Crippen molar-refractivity contribution in [2.24, 2.45) is 5.92 Å². The predicted octanol–water partition coefficient (Wildman–Crippen LogP) is 3.05. The predicted molar refractivity (Wildman–Crippen MR) is 71.2 cm³/mol. The van der Waals surface area contributed by atoms with Gasteiger partial charge in [0.05, 0.1) is 13.0 Å². The molecular weight excluding hydrogens is 304 g/mol. The zero-order valence-electron chi connectivity index (χ0n) is 9.61. The van der Waals surface area contributed by atoms with Gasteiger partial charge in [-0.1, -0.05) is 0 Å². The van der Waals surface area contributed by atoms with Crippen LogP contribution in [-0.4, -0.2) is 24.1 Å². The minimum atomic E-state index is -0.0690. The lowest BCUT2D eigenvalue weighted by atomic mass is 9.86. The van der Waals surface area contributed by atoms with E-state index < -0.39 is 0 Å². The fourth-order valence-electron chi connectivity index (χ4n) is 2.14. The van der Waals surface area contributed by atoms with E-state index in [2.05, 4.69) is 26.2 Å². The minimum Gasteiger partial charge on any atom is -0.469 e. The van der Waals surface area contributed by atoms with Crippen molar-refractivity contribution < 1.29 is 9.53 Å². The number of esters is 1. The highest BCUT2D eigenvalue weighted by molar-refractivity contribution is 9.10. The Bertz CT molecular complexity index is 389. The molecule has 0 bridgehead atoms. The number of anilines is 1. The average molecular weight is 319 g/mol. The summed E-state index contributed by atoms with van der Waals surface area (Å²) >= 11 is 4.93. The Hall–Kier alpha value is -0.620. The summed E-state index contributed by atoms with van der Waals surface area (Å²) in [6.45, 7) is 0. The second kappa shape index (κ2) is 5.82. The fourth-order valence-corrected chi connectivity index (χ4v) is 3.36. The van der Waals surface area contributed by atoms with Crippen LogP contribution in [0.15, 0.2) is 9.98 Å². The van der Waals surface area contributed by atoms with E-state index >= 15 is 0 Å². The maximum Gasteiger partial charge on any atom is 0.308 e. The highest BCUT2D eigenvalue weighted by atomic mass is 79.9. The number of nitrogens with one attached hydrogen (secondary N) is 1. The minimum absolute atomic E-state index is 0.0690. The van der Waals surface area contributed by atoms with E-state index in [4.69, 9.17) is 4.74 Å². The van der Waals surface area contributed by atoms with Crippen LogP contribution in [0.3, 0.4) is 0 Å². The van der Waals surface area contributed by atoms with Crippen molar-refractivity contribution in [2.75, 3.05) is 12.4 Å². The Labute approximate surface area is 113 Å². The van der Waals surface area contributed by atoms with Gasteiger partial charge in [-0.3, -0.25) is 4.79 Å². The normalized spacial score (nSPS) is 24.4. The Morgan fingerprint density at radius 1 is 1.53 bits per heavy atom. The first-order valence-corrected chi connectivity index (χ1v) is 7.31. The van der Waals surface area contributed by atoms with E-state index in [1.807, 2.05) is 5.38 Å². The zero-order chi connectivity index (χ0) is 12.3. The highest BCUT2D eigenvalue weighted by Gasteiger charge is 2.27. The van der Waals surface area contributed by atoms with E-state index in [1.54, 1.807) is 11.3 Å². The third-order valence-corrected chi connectivity index (χ3v) is 4.55. The van der Waals surface area contributed by atoms with Crippen LogP contribution >= 0.6 is 27.3 Å².